The first kappa shape index (κ1) is 13.6. The average Bonchev–Trinajstić information content (AvgIpc) is 2.40. The number of carboxylic acid groups (broad SMARTS) is 1. The Morgan fingerprint density at radius 3 is 2.47 bits per heavy atom. The van der Waals surface area contributed by atoms with Gasteiger partial charge in [0.2, 0.25) is 0 Å². The molecule has 19 heavy (non-hydrogen) atoms. The fourth-order valence-corrected chi connectivity index (χ4v) is 2.89. The van der Waals surface area contributed by atoms with E-state index in [1.807, 2.05) is 0 Å². The zero-order chi connectivity index (χ0) is 14.0. The maximum Gasteiger partial charge on any atom is 0.314 e. The average molecular weight is 268 g/mol. The Morgan fingerprint density at radius 1 is 1.32 bits per heavy atom. The summed E-state index contributed by atoms with van der Waals surface area (Å²) in [6.07, 6.45) is 3.02. The van der Waals surface area contributed by atoms with Gasteiger partial charge in [-0.05, 0) is 25.0 Å². The Balaban J connectivity index is 2.62. The first-order valence-electron chi connectivity index (χ1n) is 6.32. The summed E-state index contributed by atoms with van der Waals surface area (Å²) in [7, 11) is 1.35. The van der Waals surface area contributed by atoms with Gasteiger partial charge in [-0.1, -0.05) is 19.3 Å². The summed E-state index contributed by atoms with van der Waals surface area (Å²) in [5, 5.41) is 19.6. The highest BCUT2D eigenvalue weighted by Gasteiger charge is 2.45. The highest BCUT2D eigenvalue weighted by atomic mass is 19.1. The molecule has 104 valence electrons. The standard InChI is InChI=1S/C14H17FO4/c1-19-10-6-5-9(15)11(12(10)16)14(13(17)18)7-3-2-4-8-14/h5-6,16H,2-4,7-8H2,1H3,(H,17,18). The lowest BCUT2D eigenvalue weighted by atomic mass is 9.69. The molecule has 0 spiro atoms. The van der Waals surface area contributed by atoms with E-state index < -0.39 is 23.0 Å². The van der Waals surface area contributed by atoms with Gasteiger partial charge in [-0.2, -0.15) is 0 Å². The smallest absolute Gasteiger partial charge is 0.314 e. The number of methoxy groups -OCH3 is 1. The minimum atomic E-state index is -1.35. The van der Waals surface area contributed by atoms with E-state index in [1.165, 1.54) is 13.2 Å². The van der Waals surface area contributed by atoms with Crippen molar-refractivity contribution < 1.29 is 24.1 Å². The van der Waals surface area contributed by atoms with Gasteiger partial charge >= 0.3 is 5.97 Å². The molecule has 0 bridgehead atoms. The maximum absolute atomic E-state index is 14.1. The number of ether oxygens (including phenoxy) is 1. The van der Waals surface area contributed by atoms with Crippen LogP contribution < -0.4 is 4.74 Å². The maximum atomic E-state index is 14.1. The second-order valence-electron chi connectivity index (χ2n) is 4.92. The SMILES string of the molecule is COc1ccc(F)c(C2(C(=O)O)CCCCC2)c1O. The number of hydrogen-bond acceptors (Lipinski definition) is 3. The second kappa shape index (κ2) is 5.07. The van der Waals surface area contributed by atoms with Crippen LogP contribution in [-0.2, 0) is 10.2 Å². The minimum absolute atomic E-state index is 0.0996. The Hall–Kier alpha value is -1.78. The molecule has 0 atom stereocenters. The Morgan fingerprint density at radius 2 is 1.95 bits per heavy atom. The van der Waals surface area contributed by atoms with E-state index >= 15 is 0 Å². The zero-order valence-electron chi connectivity index (χ0n) is 10.8. The molecule has 4 nitrogen and oxygen atoms in total. The predicted octanol–water partition coefficient (Wildman–Crippen LogP) is 2.83. The Bertz CT molecular complexity index is 492. The van der Waals surface area contributed by atoms with Gasteiger partial charge in [-0.15, -0.1) is 0 Å². The van der Waals surface area contributed by atoms with Crippen LogP contribution in [0.5, 0.6) is 11.5 Å². The molecule has 1 aromatic carbocycles. The van der Waals surface area contributed by atoms with Crippen LogP contribution in [0.3, 0.4) is 0 Å². The number of rotatable bonds is 3. The summed E-state index contributed by atoms with van der Waals surface area (Å²) in [6.45, 7) is 0. The predicted molar refractivity (Wildman–Crippen MR) is 67.0 cm³/mol. The lowest BCUT2D eigenvalue weighted by Crippen LogP contribution is -2.38. The van der Waals surface area contributed by atoms with Crippen molar-refractivity contribution in [2.75, 3.05) is 7.11 Å². The second-order valence-corrected chi connectivity index (χ2v) is 4.92. The van der Waals surface area contributed by atoms with E-state index in [2.05, 4.69) is 0 Å². The van der Waals surface area contributed by atoms with Gasteiger partial charge in [0.15, 0.2) is 11.5 Å². The topological polar surface area (TPSA) is 66.8 Å². The van der Waals surface area contributed by atoms with Crippen LogP contribution in [0, 0.1) is 5.82 Å². The fourth-order valence-electron chi connectivity index (χ4n) is 2.89. The summed E-state index contributed by atoms with van der Waals surface area (Å²) >= 11 is 0. The molecule has 2 N–H and O–H groups in total. The van der Waals surface area contributed by atoms with Crippen molar-refractivity contribution >= 4 is 5.97 Å². The van der Waals surface area contributed by atoms with E-state index in [0.717, 1.165) is 12.5 Å². The van der Waals surface area contributed by atoms with Crippen LogP contribution in [0.15, 0.2) is 12.1 Å². The summed E-state index contributed by atoms with van der Waals surface area (Å²) in [4.78, 5) is 11.7. The molecule has 0 saturated heterocycles. The quantitative estimate of drug-likeness (QED) is 0.884. The van der Waals surface area contributed by atoms with E-state index in [4.69, 9.17) is 4.74 Å². The molecule has 0 unspecified atom stereocenters. The Kier molecular flexibility index (Phi) is 3.64. The lowest BCUT2D eigenvalue weighted by Gasteiger charge is -2.34. The minimum Gasteiger partial charge on any atom is -0.504 e. The number of hydrogen-bond donors (Lipinski definition) is 2. The largest absolute Gasteiger partial charge is 0.504 e. The van der Waals surface area contributed by atoms with Gasteiger partial charge in [0, 0.05) is 0 Å². The number of carbonyl (C=O) groups is 1. The molecule has 1 aromatic rings. The van der Waals surface area contributed by atoms with Crippen molar-refractivity contribution in [3.8, 4) is 11.5 Å². The number of aliphatic carboxylic acids is 1. The van der Waals surface area contributed by atoms with Crippen LogP contribution >= 0.6 is 0 Å². The molecular weight excluding hydrogens is 251 g/mol. The third kappa shape index (κ3) is 2.13. The molecule has 0 heterocycles. The van der Waals surface area contributed by atoms with Crippen LogP contribution in [0.1, 0.15) is 37.7 Å². The van der Waals surface area contributed by atoms with Crippen molar-refractivity contribution in [2.45, 2.75) is 37.5 Å². The highest BCUT2D eigenvalue weighted by molar-refractivity contribution is 5.83. The van der Waals surface area contributed by atoms with Crippen LogP contribution in [-0.4, -0.2) is 23.3 Å². The number of halogens is 1. The molecule has 1 fully saturated rings. The van der Waals surface area contributed by atoms with E-state index in [-0.39, 0.29) is 11.3 Å². The number of benzene rings is 1. The third-order valence-corrected chi connectivity index (χ3v) is 3.91. The highest BCUT2D eigenvalue weighted by Crippen LogP contribution is 2.47. The molecule has 0 aromatic heterocycles. The lowest BCUT2D eigenvalue weighted by molar-refractivity contribution is -0.145. The number of aromatic hydroxyl groups is 1. The van der Waals surface area contributed by atoms with Crippen LogP contribution in [0.4, 0.5) is 4.39 Å². The first-order chi connectivity index (χ1) is 9.03. The first-order valence-corrected chi connectivity index (χ1v) is 6.32. The summed E-state index contributed by atoms with van der Waals surface area (Å²) in [5.41, 5.74) is -1.49. The zero-order valence-corrected chi connectivity index (χ0v) is 10.8. The fraction of sp³-hybridized carbons (Fsp3) is 0.500. The number of phenols is 1. The van der Waals surface area contributed by atoms with Gasteiger partial charge in [-0.25, -0.2) is 4.39 Å². The van der Waals surface area contributed by atoms with Crippen LogP contribution in [0.25, 0.3) is 0 Å². The molecule has 1 saturated carbocycles. The number of carboxylic acids is 1. The molecule has 2 rings (SSSR count). The van der Waals surface area contributed by atoms with Gasteiger partial charge in [-0.3, -0.25) is 4.79 Å². The Labute approximate surface area is 110 Å². The van der Waals surface area contributed by atoms with E-state index in [1.54, 1.807) is 0 Å². The number of phenolic OH excluding ortho intramolecular Hbond substituents is 1. The third-order valence-electron chi connectivity index (χ3n) is 3.91. The monoisotopic (exact) mass is 268 g/mol. The molecule has 1 aliphatic carbocycles. The summed E-state index contributed by atoms with van der Waals surface area (Å²) < 4.78 is 19.0. The van der Waals surface area contributed by atoms with Gasteiger partial charge in [0.05, 0.1) is 18.1 Å². The van der Waals surface area contributed by atoms with Crippen molar-refractivity contribution in [1.29, 1.82) is 0 Å². The van der Waals surface area contributed by atoms with Crippen molar-refractivity contribution in [3.05, 3.63) is 23.5 Å². The summed E-state index contributed by atoms with van der Waals surface area (Å²) in [5.74, 6) is -2.08. The van der Waals surface area contributed by atoms with E-state index in [0.29, 0.717) is 25.7 Å². The normalized spacial score (nSPS) is 18.0. The molecule has 0 amide bonds. The van der Waals surface area contributed by atoms with Crippen molar-refractivity contribution in [3.63, 3.8) is 0 Å². The van der Waals surface area contributed by atoms with Crippen molar-refractivity contribution in [2.24, 2.45) is 0 Å². The van der Waals surface area contributed by atoms with Crippen LogP contribution in [0.2, 0.25) is 0 Å². The van der Waals surface area contributed by atoms with Gasteiger partial charge in [0.25, 0.3) is 0 Å². The van der Waals surface area contributed by atoms with Gasteiger partial charge in [0.1, 0.15) is 5.82 Å². The molecule has 1 aliphatic rings. The molecule has 5 heteroatoms. The van der Waals surface area contributed by atoms with Crippen molar-refractivity contribution in [1.82, 2.24) is 0 Å². The summed E-state index contributed by atoms with van der Waals surface area (Å²) in [6, 6.07) is 2.44. The molecule has 0 aliphatic heterocycles. The van der Waals surface area contributed by atoms with E-state index in [9.17, 15) is 19.4 Å². The van der Waals surface area contributed by atoms with Gasteiger partial charge < -0.3 is 14.9 Å². The molecular formula is C14H17FO4. The molecule has 0 radical (unpaired) electrons.